The summed E-state index contributed by atoms with van der Waals surface area (Å²) < 4.78 is 0. The molecule has 0 aromatic carbocycles. The molecule has 4 heteroatoms. The molecule has 1 saturated heterocycles. The minimum atomic E-state index is 0.242. The fourth-order valence-corrected chi connectivity index (χ4v) is 4.15. The van der Waals surface area contributed by atoms with Crippen LogP contribution in [0.3, 0.4) is 0 Å². The molecule has 0 bridgehead atoms. The number of anilines is 1. The monoisotopic (exact) mass is 329 g/mol. The van der Waals surface area contributed by atoms with Crippen LogP contribution < -0.4 is 10.2 Å². The summed E-state index contributed by atoms with van der Waals surface area (Å²) in [6.45, 7) is 4.12. The van der Waals surface area contributed by atoms with E-state index in [4.69, 9.17) is 0 Å². The fraction of sp³-hybridized carbons (Fsp3) is 0.700. The van der Waals surface area contributed by atoms with Crippen molar-refractivity contribution in [3.8, 4) is 0 Å². The van der Waals surface area contributed by atoms with E-state index >= 15 is 0 Å². The van der Waals surface area contributed by atoms with E-state index in [1.807, 2.05) is 24.4 Å². The minimum absolute atomic E-state index is 0.242. The number of aromatic nitrogens is 1. The topological polar surface area (TPSA) is 45.2 Å². The summed E-state index contributed by atoms with van der Waals surface area (Å²) in [7, 11) is 0. The Morgan fingerprint density at radius 3 is 2.79 bits per heavy atom. The zero-order valence-electron chi connectivity index (χ0n) is 14.9. The van der Waals surface area contributed by atoms with Gasteiger partial charge in [-0.2, -0.15) is 0 Å². The molecule has 2 heterocycles. The van der Waals surface area contributed by atoms with Crippen LogP contribution in [0, 0.1) is 11.8 Å². The van der Waals surface area contributed by atoms with Crippen molar-refractivity contribution in [1.29, 1.82) is 0 Å². The molecular formula is C20H31N3O. The maximum absolute atomic E-state index is 12.6. The molecule has 2 fully saturated rings. The van der Waals surface area contributed by atoms with Crippen LogP contribution in [0.15, 0.2) is 24.4 Å². The average molecular weight is 329 g/mol. The van der Waals surface area contributed by atoms with E-state index in [0.29, 0.717) is 0 Å². The van der Waals surface area contributed by atoms with Crippen molar-refractivity contribution >= 4 is 11.7 Å². The van der Waals surface area contributed by atoms with Crippen LogP contribution in [0.1, 0.15) is 58.3 Å². The van der Waals surface area contributed by atoms with Crippen molar-refractivity contribution in [1.82, 2.24) is 10.3 Å². The van der Waals surface area contributed by atoms with Crippen LogP contribution in [0.4, 0.5) is 5.82 Å². The molecular weight excluding hydrogens is 298 g/mol. The molecule has 1 atom stereocenters. The zero-order valence-corrected chi connectivity index (χ0v) is 14.9. The van der Waals surface area contributed by atoms with Gasteiger partial charge in [0.2, 0.25) is 5.91 Å². The largest absolute Gasteiger partial charge is 0.354 e. The quantitative estimate of drug-likeness (QED) is 0.864. The molecule has 1 N–H and O–H groups in total. The van der Waals surface area contributed by atoms with Gasteiger partial charge in [-0.05, 0) is 50.2 Å². The van der Waals surface area contributed by atoms with Crippen LogP contribution >= 0.6 is 0 Å². The summed E-state index contributed by atoms with van der Waals surface area (Å²) >= 11 is 0. The summed E-state index contributed by atoms with van der Waals surface area (Å²) in [6.07, 6.45) is 11.5. The third kappa shape index (κ3) is 4.49. The lowest BCUT2D eigenvalue weighted by Gasteiger charge is -2.28. The number of hydrogen-bond acceptors (Lipinski definition) is 3. The molecule has 1 unspecified atom stereocenters. The van der Waals surface area contributed by atoms with Gasteiger partial charge in [0.25, 0.3) is 0 Å². The van der Waals surface area contributed by atoms with Gasteiger partial charge in [-0.25, -0.2) is 4.98 Å². The number of carbonyl (C=O) groups is 1. The first kappa shape index (κ1) is 17.2. The third-order valence-corrected chi connectivity index (χ3v) is 5.69. The number of rotatable bonds is 6. The lowest BCUT2D eigenvalue weighted by molar-refractivity contribution is -0.126. The Hall–Kier alpha value is -1.58. The molecule has 1 aliphatic heterocycles. The molecule has 2 aliphatic rings. The number of nitrogens with one attached hydrogen (secondary N) is 1. The van der Waals surface area contributed by atoms with E-state index in [9.17, 15) is 4.79 Å². The molecule has 1 amide bonds. The van der Waals surface area contributed by atoms with Crippen molar-refractivity contribution in [2.75, 3.05) is 18.0 Å². The van der Waals surface area contributed by atoms with Gasteiger partial charge in [0.15, 0.2) is 0 Å². The maximum atomic E-state index is 12.6. The first-order valence-electron chi connectivity index (χ1n) is 9.72. The Labute approximate surface area is 146 Å². The van der Waals surface area contributed by atoms with Crippen molar-refractivity contribution < 1.29 is 4.79 Å². The van der Waals surface area contributed by atoms with E-state index < -0.39 is 0 Å². The first-order chi connectivity index (χ1) is 11.8. The second-order valence-electron chi connectivity index (χ2n) is 7.49. The van der Waals surface area contributed by atoms with Crippen molar-refractivity contribution in [3.63, 3.8) is 0 Å². The van der Waals surface area contributed by atoms with Gasteiger partial charge in [-0.1, -0.05) is 32.3 Å². The van der Waals surface area contributed by atoms with Gasteiger partial charge < -0.3 is 10.2 Å². The van der Waals surface area contributed by atoms with E-state index in [2.05, 4.69) is 22.1 Å². The number of amides is 1. The first-order valence-corrected chi connectivity index (χ1v) is 9.72. The van der Waals surface area contributed by atoms with Crippen LogP contribution in [-0.4, -0.2) is 30.0 Å². The zero-order chi connectivity index (χ0) is 16.8. The van der Waals surface area contributed by atoms with E-state index in [0.717, 1.165) is 44.1 Å². The van der Waals surface area contributed by atoms with Gasteiger partial charge in [0.05, 0.1) is 0 Å². The molecule has 1 aromatic heterocycles. The summed E-state index contributed by atoms with van der Waals surface area (Å²) in [5.41, 5.74) is 0. The summed E-state index contributed by atoms with van der Waals surface area (Å²) in [4.78, 5) is 19.3. The third-order valence-electron chi connectivity index (χ3n) is 5.69. The van der Waals surface area contributed by atoms with Gasteiger partial charge in [0, 0.05) is 31.2 Å². The normalized spacial score (nSPS) is 27.2. The number of pyridine rings is 1. The number of hydrogen-bond donors (Lipinski definition) is 1. The van der Waals surface area contributed by atoms with Crippen molar-refractivity contribution in [2.24, 2.45) is 11.8 Å². The SMILES string of the molecule is CCCCC1CCC(C(=O)NC2CCN(c3ccccn3)C2)CC1. The van der Waals surface area contributed by atoms with Crippen molar-refractivity contribution in [3.05, 3.63) is 24.4 Å². The second-order valence-corrected chi connectivity index (χ2v) is 7.49. The molecule has 4 nitrogen and oxygen atoms in total. The fourth-order valence-electron chi connectivity index (χ4n) is 4.15. The van der Waals surface area contributed by atoms with Gasteiger partial charge in [0.1, 0.15) is 5.82 Å². The summed E-state index contributed by atoms with van der Waals surface area (Å²) in [6, 6.07) is 6.28. The Morgan fingerprint density at radius 2 is 2.08 bits per heavy atom. The predicted molar refractivity (Wildman–Crippen MR) is 98.0 cm³/mol. The molecule has 1 saturated carbocycles. The number of unbranched alkanes of at least 4 members (excludes halogenated alkanes) is 1. The lowest BCUT2D eigenvalue weighted by Crippen LogP contribution is -2.41. The average Bonchev–Trinajstić information content (AvgIpc) is 3.09. The molecule has 1 aliphatic carbocycles. The predicted octanol–water partition coefficient (Wildman–Crippen LogP) is 3.77. The Morgan fingerprint density at radius 1 is 1.25 bits per heavy atom. The number of carbonyl (C=O) groups excluding carboxylic acids is 1. The standard InChI is InChI=1S/C20H31N3O/c1-2-3-6-16-8-10-17(11-9-16)20(24)22-18-12-14-23(15-18)19-7-4-5-13-21-19/h4-5,7,13,16-18H,2-3,6,8-12,14-15H2,1H3,(H,22,24). The van der Waals surface area contributed by atoms with E-state index in [-0.39, 0.29) is 17.9 Å². The molecule has 1 aromatic rings. The van der Waals surface area contributed by atoms with Gasteiger partial charge in [-0.3, -0.25) is 4.79 Å². The van der Waals surface area contributed by atoms with Crippen LogP contribution in [0.25, 0.3) is 0 Å². The molecule has 24 heavy (non-hydrogen) atoms. The Bertz CT molecular complexity index is 511. The summed E-state index contributed by atoms with van der Waals surface area (Å²) in [5, 5.41) is 3.30. The smallest absolute Gasteiger partial charge is 0.223 e. The van der Waals surface area contributed by atoms with E-state index in [1.165, 1.54) is 32.1 Å². The van der Waals surface area contributed by atoms with Crippen LogP contribution in [0.5, 0.6) is 0 Å². The Balaban J connectivity index is 1.42. The highest BCUT2D eigenvalue weighted by Gasteiger charge is 2.30. The van der Waals surface area contributed by atoms with Crippen LogP contribution in [0.2, 0.25) is 0 Å². The van der Waals surface area contributed by atoms with Gasteiger partial charge in [-0.15, -0.1) is 0 Å². The molecule has 0 spiro atoms. The van der Waals surface area contributed by atoms with Crippen molar-refractivity contribution in [2.45, 2.75) is 64.3 Å². The molecule has 0 radical (unpaired) electrons. The molecule has 132 valence electrons. The lowest BCUT2D eigenvalue weighted by atomic mass is 9.79. The highest BCUT2D eigenvalue weighted by Crippen LogP contribution is 2.32. The Kier molecular flexibility index (Phi) is 6.11. The molecule has 3 rings (SSSR count). The van der Waals surface area contributed by atoms with E-state index in [1.54, 1.807) is 0 Å². The summed E-state index contributed by atoms with van der Waals surface area (Å²) in [5.74, 6) is 2.41. The minimum Gasteiger partial charge on any atom is -0.354 e. The number of nitrogens with zero attached hydrogens (tertiary/aromatic N) is 2. The maximum Gasteiger partial charge on any atom is 0.223 e. The highest BCUT2D eigenvalue weighted by atomic mass is 16.2. The van der Waals surface area contributed by atoms with Gasteiger partial charge >= 0.3 is 0 Å². The van der Waals surface area contributed by atoms with Crippen LogP contribution in [-0.2, 0) is 4.79 Å². The second kappa shape index (κ2) is 8.50. The highest BCUT2D eigenvalue weighted by molar-refractivity contribution is 5.79.